The van der Waals surface area contributed by atoms with Crippen molar-refractivity contribution in [2.75, 3.05) is 19.8 Å². The zero-order valence-corrected chi connectivity index (χ0v) is 19.7. The highest BCUT2D eigenvalue weighted by Gasteiger charge is 2.43. The number of carbonyl (C=O) groups is 1. The smallest absolute Gasteiger partial charge is 0.412 e. The molecule has 1 unspecified atom stereocenters. The van der Waals surface area contributed by atoms with E-state index in [1.54, 1.807) is 4.90 Å². The summed E-state index contributed by atoms with van der Waals surface area (Å²) in [7, 11) is 0. The number of amides is 1. The zero-order valence-electron chi connectivity index (χ0n) is 19.7. The number of ether oxygens (including phenoxy) is 3. The predicted molar refractivity (Wildman–Crippen MR) is 131 cm³/mol. The molecule has 0 aliphatic carbocycles. The maximum absolute atomic E-state index is 13.4. The fraction of sp³-hybridized carbons (Fsp3) is 0.429. The summed E-state index contributed by atoms with van der Waals surface area (Å²) in [5, 5.41) is 0. The van der Waals surface area contributed by atoms with E-state index in [9.17, 15) is 4.79 Å². The molecule has 6 heteroatoms. The van der Waals surface area contributed by atoms with E-state index in [1.807, 2.05) is 36.5 Å². The van der Waals surface area contributed by atoms with Gasteiger partial charge in [0.05, 0.1) is 12.6 Å². The SMILES string of the molecule is Cc1ccc(C2=CN=C([C@@H]3COC(CC4CCOCC4)N3C(=O)OCc3ccccc3)C2)cc1. The molecule has 2 atom stereocenters. The summed E-state index contributed by atoms with van der Waals surface area (Å²) in [6.45, 7) is 4.32. The normalized spacial score (nSPS) is 23.0. The van der Waals surface area contributed by atoms with Gasteiger partial charge in [-0.15, -0.1) is 0 Å². The molecule has 2 fully saturated rings. The third-order valence-electron chi connectivity index (χ3n) is 6.95. The largest absolute Gasteiger partial charge is 0.444 e. The van der Waals surface area contributed by atoms with E-state index >= 15 is 0 Å². The number of aryl methyl sites for hydroxylation is 1. The van der Waals surface area contributed by atoms with Gasteiger partial charge in [0.2, 0.25) is 0 Å². The fourth-order valence-electron chi connectivity index (χ4n) is 4.90. The standard InChI is InChI=1S/C28H32N2O4/c1-20-7-9-23(10-8-20)24-16-25(29-17-24)26-19-33-27(15-21-11-13-32-14-12-21)30(26)28(31)34-18-22-5-3-2-4-6-22/h2-10,17,21,26-27H,11-16,18-19H2,1H3/t26-,27?/m0/s1. The van der Waals surface area contributed by atoms with Crippen molar-refractivity contribution in [3.05, 3.63) is 77.5 Å². The molecule has 0 N–H and O–H groups in total. The van der Waals surface area contributed by atoms with Crippen LogP contribution in [0, 0.1) is 12.8 Å². The molecule has 178 valence electrons. The van der Waals surface area contributed by atoms with Gasteiger partial charge in [-0.1, -0.05) is 60.2 Å². The third-order valence-corrected chi connectivity index (χ3v) is 6.95. The monoisotopic (exact) mass is 460 g/mol. The summed E-state index contributed by atoms with van der Waals surface area (Å²) in [4.78, 5) is 19.9. The second-order valence-electron chi connectivity index (χ2n) is 9.36. The van der Waals surface area contributed by atoms with Crippen molar-refractivity contribution in [3.8, 4) is 0 Å². The summed E-state index contributed by atoms with van der Waals surface area (Å²) in [6, 6.07) is 18.1. The van der Waals surface area contributed by atoms with E-state index in [0.29, 0.717) is 18.9 Å². The molecule has 0 bridgehead atoms. The minimum absolute atomic E-state index is 0.215. The Morgan fingerprint density at radius 2 is 1.85 bits per heavy atom. The van der Waals surface area contributed by atoms with Crippen LogP contribution >= 0.6 is 0 Å². The molecule has 6 nitrogen and oxygen atoms in total. The van der Waals surface area contributed by atoms with E-state index in [-0.39, 0.29) is 25.0 Å². The van der Waals surface area contributed by atoms with Crippen molar-refractivity contribution in [2.45, 2.75) is 51.5 Å². The number of hydrogen-bond acceptors (Lipinski definition) is 5. The highest BCUT2D eigenvalue weighted by Crippen LogP contribution is 2.33. The predicted octanol–water partition coefficient (Wildman–Crippen LogP) is 5.36. The second-order valence-corrected chi connectivity index (χ2v) is 9.36. The summed E-state index contributed by atoms with van der Waals surface area (Å²) >= 11 is 0. The lowest BCUT2D eigenvalue weighted by Crippen LogP contribution is -2.46. The summed E-state index contributed by atoms with van der Waals surface area (Å²) < 4.78 is 17.5. The van der Waals surface area contributed by atoms with E-state index in [2.05, 4.69) is 31.2 Å². The third kappa shape index (κ3) is 5.24. The van der Waals surface area contributed by atoms with Crippen molar-refractivity contribution in [3.63, 3.8) is 0 Å². The lowest BCUT2D eigenvalue weighted by Gasteiger charge is -2.31. The number of aliphatic imine (C=N–C) groups is 1. The molecule has 2 saturated heterocycles. The zero-order chi connectivity index (χ0) is 23.3. The van der Waals surface area contributed by atoms with Gasteiger partial charge in [-0.05, 0) is 48.8 Å². The highest BCUT2D eigenvalue weighted by molar-refractivity contribution is 6.03. The second kappa shape index (κ2) is 10.5. The molecule has 3 aliphatic heterocycles. The number of carbonyl (C=O) groups excluding carboxylic acids is 1. The Labute approximate surface area is 201 Å². The van der Waals surface area contributed by atoms with E-state index in [0.717, 1.165) is 43.8 Å². The average Bonchev–Trinajstić information content (AvgIpc) is 3.52. The molecule has 0 spiro atoms. The molecule has 3 aliphatic rings. The van der Waals surface area contributed by atoms with Crippen molar-refractivity contribution >= 4 is 17.4 Å². The maximum atomic E-state index is 13.4. The first-order chi connectivity index (χ1) is 16.7. The quantitative estimate of drug-likeness (QED) is 0.582. The van der Waals surface area contributed by atoms with Gasteiger partial charge in [0.25, 0.3) is 0 Å². The molecule has 1 amide bonds. The van der Waals surface area contributed by atoms with Crippen LogP contribution in [0.4, 0.5) is 4.79 Å². The van der Waals surface area contributed by atoms with Gasteiger partial charge in [-0.25, -0.2) is 4.79 Å². The number of allylic oxidation sites excluding steroid dienone is 1. The van der Waals surface area contributed by atoms with Crippen LogP contribution in [-0.4, -0.2) is 48.8 Å². The molecule has 2 aromatic rings. The molecular weight excluding hydrogens is 428 g/mol. The van der Waals surface area contributed by atoms with Gasteiger partial charge in [0.15, 0.2) is 0 Å². The molecule has 0 radical (unpaired) electrons. The molecule has 34 heavy (non-hydrogen) atoms. The number of hydrogen-bond donors (Lipinski definition) is 0. The summed E-state index contributed by atoms with van der Waals surface area (Å²) in [6.07, 6.45) is 4.79. The van der Waals surface area contributed by atoms with Gasteiger partial charge >= 0.3 is 6.09 Å². The Morgan fingerprint density at radius 3 is 2.62 bits per heavy atom. The molecule has 5 rings (SSSR count). The van der Waals surface area contributed by atoms with Gasteiger partial charge in [0, 0.05) is 31.5 Å². The number of nitrogens with zero attached hydrogens (tertiary/aromatic N) is 2. The lowest BCUT2D eigenvalue weighted by molar-refractivity contribution is -0.0114. The summed E-state index contributed by atoms with van der Waals surface area (Å²) in [5.74, 6) is 0.480. The van der Waals surface area contributed by atoms with Crippen LogP contribution in [0.3, 0.4) is 0 Å². The maximum Gasteiger partial charge on any atom is 0.412 e. The van der Waals surface area contributed by atoms with Gasteiger partial charge < -0.3 is 14.2 Å². The van der Waals surface area contributed by atoms with Crippen LogP contribution in [0.15, 0.2) is 65.8 Å². The van der Waals surface area contributed by atoms with E-state index in [4.69, 9.17) is 19.2 Å². The lowest BCUT2D eigenvalue weighted by atomic mass is 9.95. The molecule has 0 aromatic heterocycles. The molecule has 3 heterocycles. The van der Waals surface area contributed by atoms with Crippen molar-refractivity contribution in [1.82, 2.24) is 4.90 Å². The van der Waals surface area contributed by atoms with Crippen LogP contribution in [0.5, 0.6) is 0 Å². The molecule has 0 saturated carbocycles. The Hall–Kier alpha value is -2.96. The van der Waals surface area contributed by atoms with E-state index < -0.39 is 0 Å². The Bertz CT molecular complexity index is 1040. The van der Waals surface area contributed by atoms with Crippen molar-refractivity contribution in [2.24, 2.45) is 10.9 Å². The van der Waals surface area contributed by atoms with Crippen LogP contribution < -0.4 is 0 Å². The fourth-order valence-corrected chi connectivity index (χ4v) is 4.90. The van der Waals surface area contributed by atoms with Crippen LogP contribution in [0.1, 0.15) is 42.4 Å². The van der Waals surface area contributed by atoms with Gasteiger partial charge in [-0.2, -0.15) is 0 Å². The number of benzene rings is 2. The van der Waals surface area contributed by atoms with Crippen LogP contribution in [0.2, 0.25) is 0 Å². The first-order valence-corrected chi connectivity index (χ1v) is 12.2. The molecule has 2 aromatic carbocycles. The Kier molecular flexibility index (Phi) is 7.07. The van der Waals surface area contributed by atoms with Crippen molar-refractivity contribution in [1.29, 1.82) is 0 Å². The molecular formula is C28H32N2O4. The van der Waals surface area contributed by atoms with Crippen LogP contribution in [-0.2, 0) is 20.8 Å². The highest BCUT2D eigenvalue weighted by atomic mass is 16.6. The topological polar surface area (TPSA) is 60.4 Å². The summed E-state index contributed by atoms with van der Waals surface area (Å²) in [5.41, 5.74) is 5.49. The minimum Gasteiger partial charge on any atom is -0.444 e. The average molecular weight is 461 g/mol. The Morgan fingerprint density at radius 1 is 1.09 bits per heavy atom. The first kappa shape index (κ1) is 22.8. The first-order valence-electron chi connectivity index (χ1n) is 12.2. The van der Waals surface area contributed by atoms with Crippen LogP contribution in [0.25, 0.3) is 5.57 Å². The number of rotatable bonds is 6. The minimum atomic E-state index is -0.338. The van der Waals surface area contributed by atoms with E-state index in [1.165, 1.54) is 16.7 Å². The Balaban J connectivity index is 1.29. The van der Waals surface area contributed by atoms with Gasteiger partial charge in [-0.3, -0.25) is 9.89 Å². The van der Waals surface area contributed by atoms with Gasteiger partial charge in [0.1, 0.15) is 12.8 Å². The van der Waals surface area contributed by atoms with Crippen molar-refractivity contribution < 1.29 is 19.0 Å².